The van der Waals surface area contributed by atoms with Crippen LogP contribution in [0.25, 0.3) is 0 Å². The number of aryl methyl sites for hydroxylation is 1. The summed E-state index contributed by atoms with van der Waals surface area (Å²) in [5.74, 6) is -0.142. The summed E-state index contributed by atoms with van der Waals surface area (Å²) >= 11 is 2.99. The van der Waals surface area contributed by atoms with Crippen molar-refractivity contribution in [2.24, 2.45) is 0 Å². The Kier molecular flexibility index (Phi) is 4.66. The highest BCUT2D eigenvalue weighted by atomic mass is 79.9. The van der Waals surface area contributed by atoms with E-state index in [-0.39, 0.29) is 22.4 Å². The number of hydrogen-bond donors (Lipinski definition) is 0. The third-order valence-electron chi connectivity index (χ3n) is 2.09. The molecule has 0 radical (unpaired) electrons. The smallest absolute Gasteiger partial charge is 0.298 e. The zero-order valence-corrected chi connectivity index (χ0v) is 11.5. The van der Waals surface area contributed by atoms with Gasteiger partial charge in [-0.3, -0.25) is 4.79 Å². The van der Waals surface area contributed by atoms with Gasteiger partial charge in [0.25, 0.3) is 0 Å². The SMILES string of the molecule is CC(=O)C(Br)c1ccc(C)c(SC(F)(F)F)c1. The molecule has 1 rings (SSSR count). The fourth-order valence-corrected chi connectivity index (χ4v) is 2.20. The predicted molar refractivity (Wildman–Crippen MR) is 65.4 cm³/mol. The van der Waals surface area contributed by atoms with E-state index in [1.165, 1.54) is 13.0 Å². The van der Waals surface area contributed by atoms with Gasteiger partial charge in [-0.2, -0.15) is 13.2 Å². The van der Waals surface area contributed by atoms with Crippen molar-refractivity contribution in [1.29, 1.82) is 0 Å². The number of halogens is 4. The standard InChI is InChI=1S/C11H10BrF3OS/c1-6-3-4-8(10(12)7(2)16)5-9(6)17-11(13,14)15/h3-5,10H,1-2H3. The van der Waals surface area contributed by atoms with Gasteiger partial charge in [0.2, 0.25) is 0 Å². The van der Waals surface area contributed by atoms with Gasteiger partial charge in [0, 0.05) is 4.90 Å². The first kappa shape index (κ1) is 14.6. The average molecular weight is 327 g/mol. The van der Waals surface area contributed by atoms with Gasteiger partial charge in [-0.15, -0.1) is 0 Å². The summed E-state index contributed by atoms with van der Waals surface area (Å²) in [6, 6.07) is 4.63. The van der Waals surface area contributed by atoms with Gasteiger partial charge in [0.15, 0.2) is 0 Å². The number of thioether (sulfide) groups is 1. The molecule has 1 atom stereocenters. The molecule has 1 nitrogen and oxygen atoms in total. The second kappa shape index (κ2) is 5.44. The van der Waals surface area contributed by atoms with Crippen LogP contribution in [0.15, 0.2) is 23.1 Å². The Morgan fingerprint density at radius 3 is 2.47 bits per heavy atom. The van der Waals surface area contributed by atoms with Crippen LogP contribution >= 0.6 is 27.7 Å². The maximum atomic E-state index is 12.3. The van der Waals surface area contributed by atoms with Crippen LogP contribution in [0.1, 0.15) is 22.9 Å². The van der Waals surface area contributed by atoms with E-state index in [4.69, 9.17) is 0 Å². The lowest BCUT2D eigenvalue weighted by Gasteiger charge is -2.12. The van der Waals surface area contributed by atoms with Crippen LogP contribution in [0.3, 0.4) is 0 Å². The summed E-state index contributed by atoms with van der Waals surface area (Å²) in [6.07, 6.45) is 0. The molecular weight excluding hydrogens is 317 g/mol. The fourth-order valence-electron chi connectivity index (χ4n) is 1.24. The highest BCUT2D eigenvalue weighted by molar-refractivity contribution is 9.09. The molecule has 0 bridgehead atoms. The van der Waals surface area contributed by atoms with Crippen LogP contribution in [0.4, 0.5) is 13.2 Å². The second-order valence-corrected chi connectivity index (χ2v) is 5.57. The van der Waals surface area contributed by atoms with E-state index < -0.39 is 10.3 Å². The van der Waals surface area contributed by atoms with Crippen molar-refractivity contribution >= 4 is 33.5 Å². The van der Waals surface area contributed by atoms with Gasteiger partial charge in [-0.05, 0) is 42.8 Å². The zero-order valence-electron chi connectivity index (χ0n) is 9.14. The van der Waals surface area contributed by atoms with Gasteiger partial charge >= 0.3 is 5.51 Å². The molecule has 0 saturated carbocycles. The highest BCUT2D eigenvalue weighted by Crippen LogP contribution is 2.40. The molecule has 0 spiro atoms. The summed E-state index contributed by atoms with van der Waals surface area (Å²) < 4.78 is 36.9. The molecule has 0 aliphatic rings. The van der Waals surface area contributed by atoms with Crippen molar-refractivity contribution in [2.45, 2.75) is 29.1 Å². The molecule has 1 unspecified atom stereocenters. The minimum Gasteiger partial charge on any atom is -0.298 e. The Morgan fingerprint density at radius 2 is 2.00 bits per heavy atom. The Bertz CT molecular complexity index is 431. The van der Waals surface area contributed by atoms with Crippen molar-refractivity contribution in [3.05, 3.63) is 29.3 Å². The van der Waals surface area contributed by atoms with Crippen LogP contribution in [0.5, 0.6) is 0 Å². The molecule has 0 saturated heterocycles. The Labute approximate surface area is 110 Å². The number of benzene rings is 1. The molecule has 0 aromatic heterocycles. The predicted octanol–water partition coefficient (Wildman–Crippen LogP) is 4.63. The van der Waals surface area contributed by atoms with Crippen molar-refractivity contribution in [2.75, 3.05) is 0 Å². The van der Waals surface area contributed by atoms with E-state index in [1.807, 2.05) is 0 Å². The topological polar surface area (TPSA) is 17.1 Å². The number of carbonyl (C=O) groups excluding carboxylic acids is 1. The minimum absolute atomic E-state index is 0.126. The molecular formula is C11H10BrF3OS. The normalized spacial score (nSPS) is 13.5. The minimum atomic E-state index is -4.32. The summed E-state index contributed by atoms with van der Waals surface area (Å²) in [6.45, 7) is 2.99. The van der Waals surface area contributed by atoms with Crippen molar-refractivity contribution in [3.8, 4) is 0 Å². The average Bonchev–Trinajstić information content (AvgIpc) is 2.18. The lowest BCUT2D eigenvalue weighted by molar-refractivity contribution is -0.116. The van der Waals surface area contributed by atoms with Gasteiger partial charge in [0.1, 0.15) is 5.78 Å². The number of carbonyl (C=O) groups is 1. The van der Waals surface area contributed by atoms with Crippen molar-refractivity contribution in [3.63, 3.8) is 0 Å². The highest BCUT2D eigenvalue weighted by Gasteiger charge is 2.30. The lowest BCUT2D eigenvalue weighted by Crippen LogP contribution is -2.03. The molecule has 0 aliphatic heterocycles. The third kappa shape index (κ3) is 4.35. The van der Waals surface area contributed by atoms with Crippen LogP contribution in [-0.4, -0.2) is 11.3 Å². The second-order valence-electron chi connectivity index (χ2n) is 3.55. The monoisotopic (exact) mass is 326 g/mol. The maximum Gasteiger partial charge on any atom is 0.446 e. The summed E-state index contributed by atoms with van der Waals surface area (Å²) in [5.41, 5.74) is -3.24. The molecule has 1 aromatic rings. The Morgan fingerprint density at radius 1 is 1.41 bits per heavy atom. The molecule has 0 N–H and O–H groups in total. The molecule has 1 aromatic carbocycles. The van der Waals surface area contributed by atoms with Crippen LogP contribution < -0.4 is 0 Å². The first-order chi connectivity index (χ1) is 7.70. The van der Waals surface area contributed by atoms with E-state index in [9.17, 15) is 18.0 Å². The van der Waals surface area contributed by atoms with Crippen LogP contribution in [0, 0.1) is 6.92 Å². The Balaban J connectivity index is 3.06. The fraction of sp³-hybridized carbons (Fsp3) is 0.364. The summed E-state index contributed by atoms with van der Waals surface area (Å²) in [4.78, 5) is 10.7. The number of hydrogen-bond acceptors (Lipinski definition) is 2. The molecule has 94 valence electrons. The van der Waals surface area contributed by atoms with E-state index in [2.05, 4.69) is 15.9 Å². The molecule has 0 amide bonds. The zero-order chi connectivity index (χ0) is 13.2. The molecule has 0 fully saturated rings. The molecule has 17 heavy (non-hydrogen) atoms. The maximum absolute atomic E-state index is 12.3. The summed E-state index contributed by atoms with van der Waals surface area (Å²) in [5, 5.41) is 0. The number of alkyl halides is 4. The number of Topliss-reactive ketones (excluding diaryl/α,β-unsaturated/α-hetero) is 1. The van der Waals surface area contributed by atoms with E-state index >= 15 is 0 Å². The van der Waals surface area contributed by atoms with Crippen LogP contribution in [0.2, 0.25) is 0 Å². The van der Waals surface area contributed by atoms with Crippen LogP contribution in [-0.2, 0) is 4.79 Å². The van der Waals surface area contributed by atoms with E-state index in [1.54, 1.807) is 19.1 Å². The van der Waals surface area contributed by atoms with Gasteiger partial charge in [0.05, 0.1) is 4.83 Å². The quantitative estimate of drug-likeness (QED) is 0.595. The van der Waals surface area contributed by atoms with Gasteiger partial charge < -0.3 is 0 Å². The first-order valence-corrected chi connectivity index (χ1v) is 6.45. The van der Waals surface area contributed by atoms with Gasteiger partial charge in [-0.1, -0.05) is 28.1 Å². The number of rotatable bonds is 3. The molecule has 0 aliphatic carbocycles. The number of ketones is 1. The lowest BCUT2D eigenvalue weighted by atomic mass is 10.1. The molecule has 0 heterocycles. The first-order valence-electron chi connectivity index (χ1n) is 4.71. The largest absolute Gasteiger partial charge is 0.446 e. The third-order valence-corrected chi connectivity index (χ3v) is 4.15. The van der Waals surface area contributed by atoms with E-state index in [0.29, 0.717) is 11.1 Å². The van der Waals surface area contributed by atoms with Gasteiger partial charge in [-0.25, -0.2) is 0 Å². The van der Waals surface area contributed by atoms with E-state index in [0.717, 1.165) is 0 Å². The molecule has 6 heteroatoms. The Hall–Kier alpha value is -0.490. The van der Waals surface area contributed by atoms with Crippen molar-refractivity contribution in [1.82, 2.24) is 0 Å². The summed E-state index contributed by atoms with van der Waals surface area (Å²) in [7, 11) is 0. The van der Waals surface area contributed by atoms with Crippen molar-refractivity contribution < 1.29 is 18.0 Å².